The molecule has 104 valence electrons. The largest absolute Gasteiger partial charge is 0.457 e. The Morgan fingerprint density at radius 1 is 1.25 bits per heavy atom. The molecule has 0 fully saturated rings. The number of rotatable bonds is 3. The van der Waals surface area contributed by atoms with Gasteiger partial charge in [-0.1, -0.05) is 0 Å². The lowest BCUT2D eigenvalue weighted by molar-refractivity contribution is 0.0473. The average molecular weight is 343 g/mol. The Morgan fingerprint density at radius 2 is 1.95 bits per heavy atom. The molecule has 2 aromatic rings. The average Bonchev–Trinajstić information content (AvgIpc) is 2.40. The molecule has 1 heterocycles. The third kappa shape index (κ3) is 3.30. The van der Waals surface area contributed by atoms with Crippen LogP contribution in [0.15, 0.2) is 35.1 Å². The van der Waals surface area contributed by atoms with E-state index in [0.29, 0.717) is 11.6 Å². The summed E-state index contributed by atoms with van der Waals surface area (Å²) in [5, 5.41) is 0. The molecule has 4 nitrogen and oxygen atoms in total. The molecule has 1 aromatic heterocycles. The summed E-state index contributed by atoms with van der Waals surface area (Å²) in [4.78, 5) is 15.7. The number of halogens is 3. The zero-order chi connectivity index (χ0) is 14.7. The number of pyridine rings is 1. The topological polar surface area (TPSA) is 65.2 Å². The summed E-state index contributed by atoms with van der Waals surface area (Å²) < 4.78 is 31.7. The molecule has 0 saturated carbocycles. The van der Waals surface area contributed by atoms with E-state index in [-0.39, 0.29) is 17.9 Å². The van der Waals surface area contributed by atoms with Gasteiger partial charge >= 0.3 is 5.97 Å². The predicted octanol–water partition coefficient (Wildman–Crippen LogP) is 3.06. The number of nitrogens with zero attached hydrogens (tertiary/aromatic N) is 1. The summed E-state index contributed by atoms with van der Waals surface area (Å²) in [6.07, 6.45) is 3.10. The maximum atomic E-state index is 13.1. The number of esters is 1. The van der Waals surface area contributed by atoms with Gasteiger partial charge in [0.05, 0.1) is 5.56 Å². The lowest BCUT2D eigenvalue weighted by Gasteiger charge is -2.07. The summed E-state index contributed by atoms with van der Waals surface area (Å²) in [6, 6.07) is 3.17. The van der Waals surface area contributed by atoms with Crippen molar-refractivity contribution in [1.29, 1.82) is 0 Å². The van der Waals surface area contributed by atoms with Crippen LogP contribution in [-0.2, 0) is 11.3 Å². The van der Waals surface area contributed by atoms with Gasteiger partial charge < -0.3 is 10.5 Å². The van der Waals surface area contributed by atoms with E-state index in [2.05, 4.69) is 20.9 Å². The number of benzene rings is 1. The first-order chi connectivity index (χ1) is 9.47. The van der Waals surface area contributed by atoms with Crippen LogP contribution >= 0.6 is 15.9 Å². The van der Waals surface area contributed by atoms with Gasteiger partial charge in [-0.2, -0.15) is 0 Å². The normalized spacial score (nSPS) is 10.3. The molecule has 2 N–H and O–H groups in total. The number of anilines is 1. The van der Waals surface area contributed by atoms with Crippen LogP contribution in [0.2, 0.25) is 0 Å². The Bertz CT molecular complexity index is 665. The van der Waals surface area contributed by atoms with Crippen molar-refractivity contribution < 1.29 is 18.3 Å². The minimum atomic E-state index is -1.16. The third-order valence-electron chi connectivity index (χ3n) is 2.44. The van der Waals surface area contributed by atoms with Crippen molar-refractivity contribution in [2.75, 3.05) is 5.73 Å². The van der Waals surface area contributed by atoms with Crippen molar-refractivity contribution in [3.05, 3.63) is 57.8 Å². The Kier molecular flexibility index (Phi) is 4.29. The van der Waals surface area contributed by atoms with Crippen LogP contribution < -0.4 is 5.73 Å². The van der Waals surface area contributed by atoms with Gasteiger partial charge in [-0.05, 0) is 28.1 Å². The first-order valence-electron chi connectivity index (χ1n) is 5.48. The Balaban J connectivity index is 2.11. The molecule has 0 aliphatic rings. The van der Waals surface area contributed by atoms with Crippen molar-refractivity contribution in [3.8, 4) is 0 Å². The zero-order valence-electron chi connectivity index (χ0n) is 10.1. The number of carbonyl (C=O) groups is 1. The maximum Gasteiger partial charge on any atom is 0.340 e. The first-order valence-corrected chi connectivity index (χ1v) is 6.27. The number of aromatic nitrogens is 1. The van der Waals surface area contributed by atoms with E-state index in [9.17, 15) is 13.6 Å². The molecule has 0 spiro atoms. The van der Waals surface area contributed by atoms with Crippen LogP contribution in [0.3, 0.4) is 0 Å². The second-order valence-electron chi connectivity index (χ2n) is 3.94. The summed E-state index contributed by atoms with van der Waals surface area (Å²) in [7, 11) is 0. The second kappa shape index (κ2) is 5.96. The lowest BCUT2D eigenvalue weighted by atomic mass is 10.1. The zero-order valence-corrected chi connectivity index (χ0v) is 11.7. The standard InChI is InChI=1S/C13H9BrF2N2O2/c14-8-1-7(4-18-5-8)6-20-13(19)9-2-10(15)11(16)3-12(9)17/h1-5H,6,17H2. The summed E-state index contributed by atoms with van der Waals surface area (Å²) in [6.45, 7) is -0.0519. The highest BCUT2D eigenvalue weighted by Crippen LogP contribution is 2.19. The molecule has 0 radical (unpaired) electrons. The molecule has 20 heavy (non-hydrogen) atoms. The molecule has 0 saturated heterocycles. The van der Waals surface area contributed by atoms with Crippen LogP contribution in [0.5, 0.6) is 0 Å². The minimum Gasteiger partial charge on any atom is -0.457 e. The highest BCUT2D eigenvalue weighted by Gasteiger charge is 2.15. The fourth-order valence-corrected chi connectivity index (χ4v) is 1.91. The molecule has 1 aromatic carbocycles. The number of hydrogen-bond acceptors (Lipinski definition) is 4. The molecule has 0 aliphatic carbocycles. The van der Waals surface area contributed by atoms with Gasteiger partial charge in [0.25, 0.3) is 0 Å². The van der Waals surface area contributed by atoms with Gasteiger partial charge in [0, 0.05) is 34.2 Å². The van der Waals surface area contributed by atoms with E-state index in [4.69, 9.17) is 10.5 Å². The van der Waals surface area contributed by atoms with E-state index in [1.807, 2.05) is 0 Å². The van der Waals surface area contributed by atoms with Crippen LogP contribution in [0.4, 0.5) is 14.5 Å². The van der Waals surface area contributed by atoms with E-state index in [1.54, 1.807) is 12.3 Å². The number of ether oxygens (including phenoxy) is 1. The number of hydrogen-bond donors (Lipinski definition) is 1. The lowest BCUT2D eigenvalue weighted by Crippen LogP contribution is -2.09. The molecular formula is C13H9BrF2N2O2. The van der Waals surface area contributed by atoms with Gasteiger partial charge in [0.2, 0.25) is 0 Å². The van der Waals surface area contributed by atoms with Gasteiger partial charge in [-0.3, -0.25) is 4.98 Å². The molecule has 0 unspecified atom stereocenters. The van der Waals surface area contributed by atoms with Gasteiger partial charge in [0.1, 0.15) is 6.61 Å². The molecule has 2 rings (SSSR count). The monoisotopic (exact) mass is 342 g/mol. The molecular weight excluding hydrogens is 334 g/mol. The Labute approximate surface area is 121 Å². The highest BCUT2D eigenvalue weighted by molar-refractivity contribution is 9.10. The summed E-state index contributed by atoms with van der Waals surface area (Å²) in [5.74, 6) is -3.10. The van der Waals surface area contributed by atoms with Crippen molar-refractivity contribution in [1.82, 2.24) is 4.98 Å². The van der Waals surface area contributed by atoms with E-state index in [1.165, 1.54) is 6.20 Å². The first kappa shape index (κ1) is 14.4. The number of nitrogen functional groups attached to an aromatic ring is 1. The number of nitrogens with two attached hydrogens (primary N) is 1. The summed E-state index contributed by atoms with van der Waals surface area (Å²) in [5.41, 5.74) is 5.71. The van der Waals surface area contributed by atoms with Crippen molar-refractivity contribution >= 4 is 27.6 Å². The van der Waals surface area contributed by atoms with Gasteiger partial charge in [-0.15, -0.1) is 0 Å². The molecule has 0 aliphatic heterocycles. The molecule has 0 atom stereocenters. The van der Waals surface area contributed by atoms with Crippen LogP contribution in [0.25, 0.3) is 0 Å². The third-order valence-corrected chi connectivity index (χ3v) is 2.88. The van der Waals surface area contributed by atoms with E-state index < -0.39 is 17.6 Å². The Morgan fingerprint density at radius 3 is 2.65 bits per heavy atom. The highest BCUT2D eigenvalue weighted by atomic mass is 79.9. The fourth-order valence-electron chi connectivity index (χ4n) is 1.50. The van der Waals surface area contributed by atoms with E-state index >= 15 is 0 Å². The SMILES string of the molecule is Nc1cc(F)c(F)cc1C(=O)OCc1cncc(Br)c1. The van der Waals surface area contributed by atoms with Crippen molar-refractivity contribution in [3.63, 3.8) is 0 Å². The number of carbonyl (C=O) groups excluding carboxylic acids is 1. The predicted molar refractivity (Wildman–Crippen MR) is 71.8 cm³/mol. The van der Waals surface area contributed by atoms with Crippen molar-refractivity contribution in [2.24, 2.45) is 0 Å². The molecule has 0 bridgehead atoms. The quantitative estimate of drug-likeness (QED) is 0.687. The molecule has 7 heteroatoms. The van der Waals surface area contributed by atoms with Crippen LogP contribution in [0, 0.1) is 11.6 Å². The smallest absolute Gasteiger partial charge is 0.340 e. The Hall–Kier alpha value is -2.02. The van der Waals surface area contributed by atoms with E-state index in [0.717, 1.165) is 10.5 Å². The maximum absolute atomic E-state index is 13.1. The van der Waals surface area contributed by atoms with Gasteiger partial charge in [0.15, 0.2) is 11.6 Å². The second-order valence-corrected chi connectivity index (χ2v) is 4.86. The minimum absolute atomic E-state index is 0.0519. The molecule has 0 amide bonds. The summed E-state index contributed by atoms with van der Waals surface area (Å²) >= 11 is 3.23. The van der Waals surface area contributed by atoms with Crippen LogP contribution in [0.1, 0.15) is 15.9 Å². The van der Waals surface area contributed by atoms with Crippen LogP contribution in [-0.4, -0.2) is 11.0 Å². The van der Waals surface area contributed by atoms with Crippen molar-refractivity contribution in [2.45, 2.75) is 6.61 Å². The fraction of sp³-hybridized carbons (Fsp3) is 0.0769. The van der Waals surface area contributed by atoms with Gasteiger partial charge in [-0.25, -0.2) is 13.6 Å².